The summed E-state index contributed by atoms with van der Waals surface area (Å²) in [5, 5.41) is 12.8. The van der Waals surface area contributed by atoms with E-state index in [-0.39, 0.29) is 18.7 Å². The van der Waals surface area contributed by atoms with Crippen LogP contribution < -0.4 is 10.4 Å². The Balaban J connectivity index is 2.21. The summed E-state index contributed by atoms with van der Waals surface area (Å²) in [4.78, 5) is 21.3. The van der Waals surface area contributed by atoms with E-state index in [1.54, 1.807) is 0 Å². The van der Waals surface area contributed by atoms with Crippen LogP contribution in [-0.2, 0) is 16.0 Å². The van der Waals surface area contributed by atoms with Gasteiger partial charge in [-0.25, -0.2) is 0 Å². The zero-order valence-electron chi connectivity index (χ0n) is 9.86. The van der Waals surface area contributed by atoms with Crippen LogP contribution in [0.25, 0.3) is 0 Å². The normalized spacial score (nSPS) is 9.94. The number of carbonyl (C=O) groups is 2. The van der Waals surface area contributed by atoms with Gasteiger partial charge in [-0.2, -0.15) is 0 Å². The number of carbonyl (C=O) groups excluding carboxylic acids is 2. The Hall–Kier alpha value is -1.84. The number of rotatable bonds is 6. The SMILES string of the molecule is Cc1ccc(CCNC(=O)CCC(=O)[O-])cc1. The fourth-order valence-electron chi connectivity index (χ4n) is 1.40. The largest absolute Gasteiger partial charge is 0.550 e. The van der Waals surface area contributed by atoms with Crippen LogP contribution in [0.4, 0.5) is 0 Å². The average molecular weight is 234 g/mol. The summed E-state index contributed by atoms with van der Waals surface area (Å²) in [5.74, 6) is -1.44. The lowest BCUT2D eigenvalue weighted by molar-refractivity contribution is -0.305. The van der Waals surface area contributed by atoms with Crippen LogP contribution in [0.1, 0.15) is 24.0 Å². The van der Waals surface area contributed by atoms with E-state index in [2.05, 4.69) is 5.32 Å². The van der Waals surface area contributed by atoms with E-state index >= 15 is 0 Å². The molecule has 0 heterocycles. The van der Waals surface area contributed by atoms with Crippen molar-refractivity contribution in [3.63, 3.8) is 0 Å². The monoisotopic (exact) mass is 234 g/mol. The molecule has 92 valence electrons. The summed E-state index contributed by atoms with van der Waals surface area (Å²) < 4.78 is 0. The number of hydrogen-bond acceptors (Lipinski definition) is 3. The highest BCUT2D eigenvalue weighted by Crippen LogP contribution is 2.03. The number of amides is 1. The third-order valence-corrected chi connectivity index (χ3v) is 2.41. The highest BCUT2D eigenvalue weighted by atomic mass is 16.4. The lowest BCUT2D eigenvalue weighted by Crippen LogP contribution is -2.29. The molecule has 0 saturated carbocycles. The van der Waals surface area contributed by atoms with Crippen molar-refractivity contribution >= 4 is 11.9 Å². The first-order valence-corrected chi connectivity index (χ1v) is 5.60. The predicted molar refractivity (Wildman–Crippen MR) is 62.1 cm³/mol. The summed E-state index contributed by atoms with van der Waals surface area (Å²) in [5.41, 5.74) is 2.35. The lowest BCUT2D eigenvalue weighted by atomic mass is 10.1. The van der Waals surface area contributed by atoms with Gasteiger partial charge >= 0.3 is 0 Å². The fourth-order valence-corrected chi connectivity index (χ4v) is 1.40. The number of carboxylic acids is 1. The molecule has 0 unspecified atom stereocenters. The fraction of sp³-hybridized carbons (Fsp3) is 0.385. The molecule has 0 aliphatic heterocycles. The number of aryl methyl sites for hydroxylation is 1. The maximum absolute atomic E-state index is 11.2. The molecule has 0 aromatic heterocycles. The first-order valence-electron chi connectivity index (χ1n) is 5.60. The van der Waals surface area contributed by atoms with Gasteiger partial charge in [0.25, 0.3) is 0 Å². The van der Waals surface area contributed by atoms with Crippen LogP contribution in [-0.4, -0.2) is 18.4 Å². The summed E-state index contributed by atoms with van der Waals surface area (Å²) in [6.07, 6.45) is 0.504. The van der Waals surface area contributed by atoms with Gasteiger partial charge in [-0.1, -0.05) is 29.8 Å². The third-order valence-electron chi connectivity index (χ3n) is 2.41. The van der Waals surface area contributed by atoms with Crippen molar-refractivity contribution in [3.8, 4) is 0 Å². The van der Waals surface area contributed by atoms with Gasteiger partial charge in [0.15, 0.2) is 0 Å². The summed E-state index contributed by atoms with van der Waals surface area (Å²) in [7, 11) is 0. The Morgan fingerprint density at radius 2 is 1.82 bits per heavy atom. The van der Waals surface area contributed by atoms with Crippen molar-refractivity contribution in [3.05, 3.63) is 35.4 Å². The molecule has 0 radical (unpaired) electrons. The Kier molecular flexibility index (Phi) is 5.20. The Morgan fingerprint density at radius 3 is 2.41 bits per heavy atom. The zero-order valence-corrected chi connectivity index (χ0v) is 9.86. The van der Waals surface area contributed by atoms with Crippen LogP contribution >= 0.6 is 0 Å². The maximum Gasteiger partial charge on any atom is 0.220 e. The molecule has 0 saturated heterocycles. The second-order valence-electron chi connectivity index (χ2n) is 3.96. The molecule has 1 rings (SSSR count). The van der Waals surface area contributed by atoms with Crippen LogP contribution in [0.5, 0.6) is 0 Å². The number of aliphatic carboxylic acids is 1. The van der Waals surface area contributed by atoms with Gasteiger partial charge in [0, 0.05) is 18.9 Å². The van der Waals surface area contributed by atoms with Gasteiger partial charge in [-0.05, 0) is 25.3 Å². The third kappa shape index (κ3) is 5.70. The molecule has 1 N–H and O–H groups in total. The van der Waals surface area contributed by atoms with Crippen molar-refractivity contribution in [1.29, 1.82) is 0 Å². The molecule has 4 heteroatoms. The van der Waals surface area contributed by atoms with Crippen LogP contribution in [0.3, 0.4) is 0 Å². The molecule has 1 amide bonds. The second kappa shape index (κ2) is 6.68. The van der Waals surface area contributed by atoms with Gasteiger partial charge in [-0.3, -0.25) is 4.79 Å². The molecule has 0 atom stereocenters. The van der Waals surface area contributed by atoms with Gasteiger partial charge in [0.05, 0.1) is 0 Å². The summed E-state index contributed by atoms with van der Waals surface area (Å²) >= 11 is 0. The van der Waals surface area contributed by atoms with Crippen molar-refractivity contribution in [1.82, 2.24) is 5.32 Å². The van der Waals surface area contributed by atoms with Gasteiger partial charge < -0.3 is 15.2 Å². The maximum atomic E-state index is 11.2. The molecule has 0 aliphatic rings. The summed E-state index contributed by atoms with van der Waals surface area (Å²) in [6, 6.07) is 8.08. The predicted octanol–water partition coefficient (Wildman–Crippen LogP) is 0.184. The van der Waals surface area contributed by atoms with Crippen molar-refractivity contribution < 1.29 is 14.7 Å². The number of benzene rings is 1. The Morgan fingerprint density at radius 1 is 1.18 bits per heavy atom. The molecule has 0 spiro atoms. The Bertz CT molecular complexity index is 384. The molecule has 1 aromatic rings. The highest BCUT2D eigenvalue weighted by molar-refractivity contribution is 5.79. The van der Waals surface area contributed by atoms with Crippen LogP contribution in [0, 0.1) is 6.92 Å². The standard InChI is InChI=1S/C13H17NO3/c1-10-2-4-11(5-3-10)8-9-14-12(15)6-7-13(16)17/h2-5H,6-9H2,1H3,(H,14,15)(H,16,17)/p-1. The number of hydrogen-bond donors (Lipinski definition) is 1. The minimum atomic E-state index is -1.20. The van der Waals surface area contributed by atoms with E-state index in [1.165, 1.54) is 5.56 Å². The average Bonchev–Trinajstić information content (AvgIpc) is 2.29. The van der Waals surface area contributed by atoms with E-state index < -0.39 is 5.97 Å². The molecule has 1 aromatic carbocycles. The molecule has 0 aliphatic carbocycles. The number of nitrogens with one attached hydrogen (secondary N) is 1. The quantitative estimate of drug-likeness (QED) is 0.763. The van der Waals surface area contributed by atoms with E-state index in [9.17, 15) is 14.7 Å². The topological polar surface area (TPSA) is 69.2 Å². The minimum Gasteiger partial charge on any atom is -0.550 e. The van der Waals surface area contributed by atoms with Crippen LogP contribution in [0.2, 0.25) is 0 Å². The van der Waals surface area contributed by atoms with Crippen molar-refractivity contribution in [2.24, 2.45) is 0 Å². The first-order chi connectivity index (χ1) is 8.08. The molecule has 0 bridgehead atoms. The molecule has 0 fully saturated rings. The van der Waals surface area contributed by atoms with Crippen molar-refractivity contribution in [2.45, 2.75) is 26.2 Å². The molecular formula is C13H16NO3-. The lowest BCUT2D eigenvalue weighted by Gasteiger charge is -2.06. The van der Waals surface area contributed by atoms with Gasteiger partial charge in [-0.15, -0.1) is 0 Å². The van der Waals surface area contributed by atoms with E-state index in [1.807, 2.05) is 31.2 Å². The minimum absolute atomic E-state index is 0.0176. The van der Waals surface area contributed by atoms with E-state index in [0.717, 1.165) is 12.0 Å². The van der Waals surface area contributed by atoms with Gasteiger partial charge in [0.2, 0.25) is 5.91 Å². The van der Waals surface area contributed by atoms with Crippen molar-refractivity contribution in [2.75, 3.05) is 6.54 Å². The van der Waals surface area contributed by atoms with E-state index in [0.29, 0.717) is 6.54 Å². The summed E-state index contributed by atoms with van der Waals surface area (Å²) in [6.45, 7) is 2.54. The Labute approximate surface area is 101 Å². The number of carboxylic acid groups (broad SMARTS) is 1. The smallest absolute Gasteiger partial charge is 0.220 e. The second-order valence-corrected chi connectivity index (χ2v) is 3.96. The van der Waals surface area contributed by atoms with E-state index in [4.69, 9.17) is 0 Å². The van der Waals surface area contributed by atoms with Gasteiger partial charge in [0.1, 0.15) is 0 Å². The highest BCUT2D eigenvalue weighted by Gasteiger charge is 2.00. The van der Waals surface area contributed by atoms with Crippen LogP contribution in [0.15, 0.2) is 24.3 Å². The molecule has 4 nitrogen and oxygen atoms in total. The zero-order chi connectivity index (χ0) is 12.7. The molecular weight excluding hydrogens is 218 g/mol. The first kappa shape index (κ1) is 13.2. The molecule has 17 heavy (non-hydrogen) atoms.